The van der Waals surface area contributed by atoms with E-state index in [1.807, 2.05) is 12.1 Å². The molecule has 0 spiro atoms. The van der Waals surface area contributed by atoms with E-state index in [-0.39, 0.29) is 21.6 Å². The number of hydrogen-bond donors (Lipinski definition) is 1. The molecule has 0 saturated carbocycles. The average Bonchev–Trinajstić information content (AvgIpc) is 2.54. The predicted octanol–water partition coefficient (Wildman–Crippen LogP) is 5.34. The number of phenols is 1. The van der Waals surface area contributed by atoms with Gasteiger partial charge in [-0.3, -0.25) is 0 Å². The van der Waals surface area contributed by atoms with E-state index in [9.17, 15) is 9.90 Å². The minimum Gasteiger partial charge on any atom is -0.506 e. The quantitative estimate of drug-likeness (QED) is 0.495. The monoisotopic (exact) mass is 375 g/mol. The molecule has 6 heteroatoms. The van der Waals surface area contributed by atoms with Gasteiger partial charge in [-0.25, -0.2) is 9.78 Å². The number of nitrogens with zero attached hydrogens (tertiary/aromatic N) is 1. The summed E-state index contributed by atoms with van der Waals surface area (Å²) < 4.78 is 5.61. The van der Waals surface area contributed by atoms with Crippen molar-refractivity contribution in [3.63, 3.8) is 0 Å². The van der Waals surface area contributed by atoms with Crippen LogP contribution in [0.25, 0.3) is 10.8 Å². The Bertz CT molecular complexity index is 950. The predicted molar refractivity (Wildman–Crippen MR) is 98.3 cm³/mol. The zero-order chi connectivity index (χ0) is 18.2. The molecule has 1 aromatic heterocycles. The van der Waals surface area contributed by atoms with Crippen LogP contribution in [0.3, 0.4) is 0 Å². The van der Waals surface area contributed by atoms with Gasteiger partial charge in [-0.05, 0) is 37.4 Å². The molecular formula is C19H15Cl2NO3. The Kier molecular flexibility index (Phi) is 4.58. The molecule has 128 valence electrons. The lowest BCUT2D eigenvalue weighted by Crippen LogP contribution is -2.26. The number of phenolic OH excluding ortho intramolecular Hbond substituents is 1. The molecule has 0 radical (unpaired) electrons. The number of esters is 1. The van der Waals surface area contributed by atoms with E-state index in [2.05, 4.69) is 4.98 Å². The molecule has 1 heterocycles. The Morgan fingerprint density at radius 1 is 1.08 bits per heavy atom. The van der Waals surface area contributed by atoms with Crippen molar-refractivity contribution >= 4 is 39.9 Å². The minimum absolute atomic E-state index is 0.0954. The van der Waals surface area contributed by atoms with Crippen LogP contribution in [0, 0.1) is 0 Å². The highest BCUT2D eigenvalue weighted by Gasteiger charge is 2.28. The zero-order valence-corrected chi connectivity index (χ0v) is 15.1. The molecule has 3 aromatic rings. The van der Waals surface area contributed by atoms with Crippen molar-refractivity contribution in [1.82, 2.24) is 4.98 Å². The van der Waals surface area contributed by atoms with Gasteiger partial charge in [-0.2, -0.15) is 0 Å². The van der Waals surface area contributed by atoms with Crippen LogP contribution in [0.5, 0.6) is 5.75 Å². The van der Waals surface area contributed by atoms with Crippen LogP contribution in [-0.2, 0) is 10.3 Å². The Balaban J connectivity index is 1.95. The number of pyridine rings is 1. The van der Waals surface area contributed by atoms with E-state index in [4.69, 9.17) is 27.9 Å². The summed E-state index contributed by atoms with van der Waals surface area (Å²) in [4.78, 5) is 16.5. The first-order valence-corrected chi connectivity index (χ1v) is 8.31. The number of rotatable bonds is 3. The molecule has 3 rings (SSSR count). The summed E-state index contributed by atoms with van der Waals surface area (Å²) in [6.45, 7) is 3.43. The number of halogens is 2. The second-order valence-electron chi connectivity index (χ2n) is 6.08. The van der Waals surface area contributed by atoms with Crippen LogP contribution in [0.2, 0.25) is 10.3 Å². The van der Waals surface area contributed by atoms with Gasteiger partial charge < -0.3 is 9.84 Å². The topological polar surface area (TPSA) is 59.4 Å². The van der Waals surface area contributed by atoms with Crippen molar-refractivity contribution in [2.45, 2.75) is 19.4 Å². The third-order valence-electron chi connectivity index (χ3n) is 3.93. The first kappa shape index (κ1) is 17.5. The summed E-state index contributed by atoms with van der Waals surface area (Å²) >= 11 is 11.8. The Hall–Kier alpha value is -2.30. The van der Waals surface area contributed by atoms with Crippen LogP contribution in [-0.4, -0.2) is 16.1 Å². The number of fused-ring (bicyclic) bond motifs is 1. The molecule has 0 atom stereocenters. The van der Waals surface area contributed by atoms with Gasteiger partial charge in [-0.15, -0.1) is 0 Å². The second kappa shape index (κ2) is 6.54. The molecule has 1 N–H and O–H groups in total. The molecule has 0 amide bonds. The largest absolute Gasteiger partial charge is 0.506 e. The van der Waals surface area contributed by atoms with E-state index in [0.29, 0.717) is 10.9 Å². The molecule has 25 heavy (non-hydrogen) atoms. The lowest BCUT2D eigenvalue weighted by atomic mass is 9.99. The van der Waals surface area contributed by atoms with Crippen molar-refractivity contribution in [3.8, 4) is 5.75 Å². The molecule has 4 nitrogen and oxygen atoms in total. The first-order chi connectivity index (χ1) is 11.8. The number of aromatic nitrogens is 1. The zero-order valence-electron chi connectivity index (χ0n) is 13.6. The molecule has 0 fully saturated rings. The van der Waals surface area contributed by atoms with Crippen molar-refractivity contribution in [2.75, 3.05) is 0 Å². The van der Waals surface area contributed by atoms with E-state index >= 15 is 0 Å². The number of carbonyl (C=O) groups excluding carboxylic acids is 1. The number of hydrogen-bond acceptors (Lipinski definition) is 4. The summed E-state index contributed by atoms with van der Waals surface area (Å²) in [6, 6.07) is 13.7. The maximum Gasteiger partial charge on any atom is 0.342 e. The summed E-state index contributed by atoms with van der Waals surface area (Å²) in [5.74, 6) is -0.748. The Morgan fingerprint density at radius 2 is 1.72 bits per heavy atom. The molecule has 0 aliphatic rings. The van der Waals surface area contributed by atoms with E-state index in [1.54, 1.807) is 50.2 Å². The summed E-state index contributed by atoms with van der Waals surface area (Å²) in [5, 5.41) is 12.3. The van der Waals surface area contributed by atoms with Crippen LogP contribution in [0.4, 0.5) is 0 Å². The standard InChI is InChI=1S/C19H15Cl2NO3/c1-19(2,12-9-15(20)22-16(21)10-12)25-18(24)14-8-7-11-5-3-4-6-13(11)17(14)23/h3-10,23H,1-2H3. The minimum atomic E-state index is -1.01. The molecule has 0 bridgehead atoms. The highest BCUT2D eigenvalue weighted by molar-refractivity contribution is 6.32. The van der Waals surface area contributed by atoms with Gasteiger partial charge in [0.05, 0.1) is 0 Å². The Morgan fingerprint density at radius 3 is 2.40 bits per heavy atom. The first-order valence-electron chi connectivity index (χ1n) is 7.55. The maximum absolute atomic E-state index is 12.6. The van der Waals surface area contributed by atoms with E-state index in [1.165, 1.54) is 0 Å². The third-order valence-corrected chi connectivity index (χ3v) is 4.31. The van der Waals surface area contributed by atoms with Crippen molar-refractivity contribution < 1.29 is 14.6 Å². The maximum atomic E-state index is 12.6. The smallest absolute Gasteiger partial charge is 0.342 e. The fourth-order valence-corrected chi connectivity index (χ4v) is 3.04. The normalized spacial score (nSPS) is 11.5. The SMILES string of the molecule is CC(C)(OC(=O)c1ccc2ccccc2c1O)c1cc(Cl)nc(Cl)c1. The number of ether oxygens (including phenoxy) is 1. The third kappa shape index (κ3) is 3.55. The van der Waals surface area contributed by atoms with Gasteiger partial charge in [0.2, 0.25) is 0 Å². The second-order valence-corrected chi connectivity index (χ2v) is 6.86. The van der Waals surface area contributed by atoms with Gasteiger partial charge in [0.1, 0.15) is 27.2 Å². The molecular weight excluding hydrogens is 361 g/mol. The highest BCUT2D eigenvalue weighted by Crippen LogP contribution is 2.33. The Labute approximate surface area is 155 Å². The van der Waals surface area contributed by atoms with Crippen LogP contribution >= 0.6 is 23.2 Å². The highest BCUT2D eigenvalue weighted by atomic mass is 35.5. The summed E-state index contributed by atoms with van der Waals surface area (Å²) in [6.07, 6.45) is 0. The molecule has 0 aliphatic heterocycles. The number of benzene rings is 2. The molecule has 0 aliphatic carbocycles. The van der Waals surface area contributed by atoms with Gasteiger partial charge in [0, 0.05) is 10.9 Å². The van der Waals surface area contributed by atoms with E-state index < -0.39 is 11.6 Å². The van der Waals surface area contributed by atoms with Gasteiger partial charge in [0.25, 0.3) is 0 Å². The fourth-order valence-electron chi connectivity index (χ4n) is 2.58. The average molecular weight is 376 g/mol. The summed E-state index contributed by atoms with van der Waals surface area (Å²) in [7, 11) is 0. The molecule has 0 saturated heterocycles. The lowest BCUT2D eigenvalue weighted by molar-refractivity contribution is -0.00339. The van der Waals surface area contributed by atoms with Crippen molar-refractivity contribution in [3.05, 3.63) is 70.0 Å². The van der Waals surface area contributed by atoms with E-state index in [0.717, 1.165) is 5.39 Å². The fraction of sp³-hybridized carbons (Fsp3) is 0.158. The molecule has 2 aromatic carbocycles. The lowest BCUT2D eigenvalue weighted by Gasteiger charge is -2.26. The van der Waals surface area contributed by atoms with Gasteiger partial charge >= 0.3 is 5.97 Å². The van der Waals surface area contributed by atoms with Crippen molar-refractivity contribution in [2.24, 2.45) is 0 Å². The van der Waals surface area contributed by atoms with Crippen molar-refractivity contribution in [1.29, 1.82) is 0 Å². The van der Waals surface area contributed by atoms with Gasteiger partial charge in [-0.1, -0.05) is 53.5 Å². The van der Waals surface area contributed by atoms with Crippen LogP contribution < -0.4 is 0 Å². The van der Waals surface area contributed by atoms with Crippen LogP contribution in [0.15, 0.2) is 48.5 Å². The van der Waals surface area contributed by atoms with Gasteiger partial charge in [0.15, 0.2) is 0 Å². The number of aromatic hydroxyl groups is 1. The summed E-state index contributed by atoms with van der Waals surface area (Å²) in [5.41, 5.74) is -0.310. The number of carbonyl (C=O) groups is 1. The van der Waals surface area contributed by atoms with Crippen LogP contribution in [0.1, 0.15) is 29.8 Å². The molecule has 0 unspecified atom stereocenters.